The SMILES string of the molecule is CN(C)CCCOc1ccc(-c2nnc3c(n2)c(=O)n(C)c(=O)n3Cc2ccc(F)c(F)c2)cc1. The van der Waals surface area contributed by atoms with Crippen LogP contribution in [0.5, 0.6) is 5.75 Å². The fraction of sp³-hybridized carbons (Fsp3) is 0.292. The van der Waals surface area contributed by atoms with Crippen molar-refractivity contribution in [3.05, 3.63) is 80.5 Å². The largest absolute Gasteiger partial charge is 0.494 e. The van der Waals surface area contributed by atoms with E-state index in [1.165, 1.54) is 13.1 Å². The molecular formula is C24H24F2N6O3. The Kier molecular flexibility index (Phi) is 6.97. The molecule has 182 valence electrons. The van der Waals surface area contributed by atoms with Crippen LogP contribution in [0.3, 0.4) is 0 Å². The second-order valence-electron chi connectivity index (χ2n) is 8.32. The highest BCUT2D eigenvalue weighted by atomic mass is 19.2. The van der Waals surface area contributed by atoms with Gasteiger partial charge in [0.1, 0.15) is 5.75 Å². The van der Waals surface area contributed by atoms with E-state index in [1.807, 2.05) is 14.1 Å². The highest BCUT2D eigenvalue weighted by molar-refractivity contribution is 5.71. The van der Waals surface area contributed by atoms with Crippen LogP contribution < -0.4 is 16.0 Å². The topological polar surface area (TPSA) is 95.1 Å². The summed E-state index contributed by atoms with van der Waals surface area (Å²) in [5, 5.41) is 8.19. The van der Waals surface area contributed by atoms with Gasteiger partial charge in [0, 0.05) is 19.2 Å². The summed E-state index contributed by atoms with van der Waals surface area (Å²) in [6.07, 6.45) is 0.891. The first-order valence-electron chi connectivity index (χ1n) is 10.9. The van der Waals surface area contributed by atoms with E-state index in [2.05, 4.69) is 20.1 Å². The molecule has 2 aromatic carbocycles. The molecule has 0 fully saturated rings. The lowest BCUT2D eigenvalue weighted by molar-refractivity contribution is 0.281. The van der Waals surface area contributed by atoms with Crippen molar-refractivity contribution in [1.29, 1.82) is 0 Å². The molecule has 2 aromatic heterocycles. The van der Waals surface area contributed by atoms with Gasteiger partial charge >= 0.3 is 5.69 Å². The molecule has 0 saturated heterocycles. The molecule has 0 aliphatic rings. The lowest BCUT2D eigenvalue weighted by Crippen LogP contribution is -2.39. The van der Waals surface area contributed by atoms with E-state index >= 15 is 0 Å². The molecule has 35 heavy (non-hydrogen) atoms. The molecule has 0 N–H and O–H groups in total. The molecule has 0 saturated carbocycles. The minimum absolute atomic E-state index is 0.0487. The van der Waals surface area contributed by atoms with E-state index in [0.29, 0.717) is 23.5 Å². The fourth-order valence-corrected chi connectivity index (χ4v) is 3.52. The molecule has 0 radical (unpaired) electrons. The van der Waals surface area contributed by atoms with Gasteiger partial charge in [0.25, 0.3) is 5.56 Å². The zero-order valence-electron chi connectivity index (χ0n) is 19.5. The molecule has 9 nitrogen and oxygen atoms in total. The van der Waals surface area contributed by atoms with E-state index in [0.717, 1.165) is 34.2 Å². The van der Waals surface area contributed by atoms with Gasteiger partial charge in [-0.05, 0) is 62.5 Å². The number of benzene rings is 2. The van der Waals surface area contributed by atoms with E-state index in [1.54, 1.807) is 24.3 Å². The summed E-state index contributed by atoms with van der Waals surface area (Å²) in [4.78, 5) is 32.0. The van der Waals surface area contributed by atoms with Crippen LogP contribution >= 0.6 is 0 Å². The van der Waals surface area contributed by atoms with Crippen molar-refractivity contribution in [2.24, 2.45) is 7.05 Å². The highest BCUT2D eigenvalue weighted by Crippen LogP contribution is 2.20. The number of aromatic nitrogens is 5. The zero-order valence-corrected chi connectivity index (χ0v) is 19.5. The van der Waals surface area contributed by atoms with Crippen LogP contribution in [0.4, 0.5) is 8.78 Å². The molecule has 2 heterocycles. The van der Waals surface area contributed by atoms with Crippen LogP contribution in [0.25, 0.3) is 22.6 Å². The zero-order chi connectivity index (χ0) is 25.1. The quantitative estimate of drug-likeness (QED) is 0.356. The number of fused-ring (bicyclic) bond motifs is 1. The van der Waals surface area contributed by atoms with E-state index in [4.69, 9.17) is 4.74 Å². The molecule has 0 spiro atoms. The van der Waals surface area contributed by atoms with Crippen LogP contribution in [0.1, 0.15) is 12.0 Å². The molecule has 0 aliphatic carbocycles. The van der Waals surface area contributed by atoms with Gasteiger partial charge in [0.05, 0.1) is 13.2 Å². The predicted molar refractivity (Wildman–Crippen MR) is 126 cm³/mol. The lowest BCUT2D eigenvalue weighted by atomic mass is 10.2. The Morgan fingerprint density at radius 3 is 2.43 bits per heavy atom. The number of nitrogens with zero attached hydrogens (tertiary/aromatic N) is 6. The Labute approximate surface area is 199 Å². The Hall–Kier alpha value is -3.99. The summed E-state index contributed by atoms with van der Waals surface area (Å²) < 4.78 is 34.7. The van der Waals surface area contributed by atoms with Crippen LogP contribution in [0.2, 0.25) is 0 Å². The first kappa shape index (κ1) is 24.1. The Bertz CT molecular complexity index is 1480. The summed E-state index contributed by atoms with van der Waals surface area (Å²) in [5.74, 6) is -1.15. The molecule has 0 aliphatic heterocycles. The molecule has 0 bridgehead atoms. The number of hydrogen-bond acceptors (Lipinski definition) is 7. The van der Waals surface area contributed by atoms with Gasteiger partial charge in [-0.1, -0.05) is 6.07 Å². The Balaban J connectivity index is 1.65. The number of ether oxygens (including phenoxy) is 1. The van der Waals surface area contributed by atoms with Crippen LogP contribution in [0, 0.1) is 11.6 Å². The van der Waals surface area contributed by atoms with Gasteiger partial charge < -0.3 is 9.64 Å². The minimum Gasteiger partial charge on any atom is -0.494 e. The number of halogens is 2. The van der Waals surface area contributed by atoms with E-state index in [9.17, 15) is 18.4 Å². The van der Waals surface area contributed by atoms with Crippen molar-refractivity contribution < 1.29 is 13.5 Å². The van der Waals surface area contributed by atoms with Crippen molar-refractivity contribution in [1.82, 2.24) is 29.2 Å². The molecule has 0 unspecified atom stereocenters. The van der Waals surface area contributed by atoms with Gasteiger partial charge in [-0.15, -0.1) is 10.2 Å². The summed E-state index contributed by atoms with van der Waals surface area (Å²) in [6.45, 7) is 1.36. The summed E-state index contributed by atoms with van der Waals surface area (Å²) in [7, 11) is 5.32. The summed E-state index contributed by atoms with van der Waals surface area (Å²) >= 11 is 0. The van der Waals surface area contributed by atoms with Gasteiger partial charge in [-0.2, -0.15) is 0 Å². The Morgan fingerprint density at radius 2 is 1.74 bits per heavy atom. The fourth-order valence-electron chi connectivity index (χ4n) is 3.52. The van der Waals surface area contributed by atoms with Crippen molar-refractivity contribution in [2.75, 3.05) is 27.2 Å². The van der Waals surface area contributed by atoms with Crippen molar-refractivity contribution in [2.45, 2.75) is 13.0 Å². The predicted octanol–water partition coefficient (Wildman–Crippen LogP) is 2.21. The summed E-state index contributed by atoms with van der Waals surface area (Å²) in [5.41, 5.74) is -0.495. The standard InChI is InChI=1S/C24H24F2N6O3/c1-30(2)11-4-12-35-17-8-6-16(7-9-17)21-27-20-22(29-28-21)32(24(34)31(3)23(20)33)14-15-5-10-18(25)19(26)13-15/h5-10,13H,4,11-12,14H2,1-3H3. The normalized spacial score (nSPS) is 11.4. The molecule has 11 heteroatoms. The second kappa shape index (κ2) is 10.1. The average Bonchev–Trinajstić information content (AvgIpc) is 2.85. The molecule has 0 amide bonds. The van der Waals surface area contributed by atoms with Crippen LogP contribution in [0.15, 0.2) is 52.1 Å². The maximum absolute atomic E-state index is 13.7. The third kappa shape index (κ3) is 5.24. The Morgan fingerprint density at radius 1 is 1.00 bits per heavy atom. The van der Waals surface area contributed by atoms with Crippen molar-refractivity contribution in [3.8, 4) is 17.1 Å². The highest BCUT2D eigenvalue weighted by Gasteiger charge is 2.17. The molecule has 0 atom stereocenters. The smallest absolute Gasteiger partial charge is 0.332 e. The molecule has 4 rings (SSSR count). The van der Waals surface area contributed by atoms with Crippen LogP contribution in [-0.4, -0.2) is 56.5 Å². The first-order valence-corrected chi connectivity index (χ1v) is 10.9. The third-order valence-corrected chi connectivity index (χ3v) is 5.41. The van der Waals surface area contributed by atoms with E-state index in [-0.39, 0.29) is 23.5 Å². The molecule has 4 aromatic rings. The number of hydrogen-bond donors (Lipinski definition) is 0. The minimum atomic E-state index is -1.04. The van der Waals surface area contributed by atoms with Gasteiger partial charge in [0.2, 0.25) is 0 Å². The second-order valence-corrected chi connectivity index (χ2v) is 8.32. The molecular weight excluding hydrogens is 458 g/mol. The van der Waals surface area contributed by atoms with Gasteiger partial charge in [0.15, 0.2) is 28.6 Å². The lowest BCUT2D eigenvalue weighted by Gasteiger charge is -2.12. The summed E-state index contributed by atoms with van der Waals surface area (Å²) in [6, 6.07) is 10.4. The maximum atomic E-state index is 13.7. The monoisotopic (exact) mass is 482 g/mol. The average molecular weight is 482 g/mol. The van der Waals surface area contributed by atoms with Gasteiger partial charge in [-0.25, -0.2) is 18.6 Å². The van der Waals surface area contributed by atoms with Gasteiger partial charge in [-0.3, -0.25) is 13.9 Å². The number of rotatable bonds is 8. The van der Waals surface area contributed by atoms with Crippen LogP contribution in [-0.2, 0) is 13.6 Å². The first-order chi connectivity index (χ1) is 16.7. The van der Waals surface area contributed by atoms with Crippen molar-refractivity contribution in [3.63, 3.8) is 0 Å². The van der Waals surface area contributed by atoms with E-state index < -0.39 is 22.9 Å². The van der Waals surface area contributed by atoms with Crippen molar-refractivity contribution >= 4 is 11.2 Å². The third-order valence-electron chi connectivity index (χ3n) is 5.41. The maximum Gasteiger partial charge on any atom is 0.332 e.